The summed E-state index contributed by atoms with van der Waals surface area (Å²) in [6, 6.07) is 22.4. The second-order valence-corrected chi connectivity index (χ2v) is 9.45. The van der Waals surface area contributed by atoms with Gasteiger partial charge in [0.2, 0.25) is 0 Å². The normalized spacial score (nSPS) is 14.9. The zero-order valence-electron chi connectivity index (χ0n) is 21.2. The van der Waals surface area contributed by atoms with Gasteiger partial charge in [-0.3, -0.25) is 14.5 Å². The highest BCUT2D eigenvalue weighted by Gasteiger charge is 2.21. The number of methoxy groups -OCH3 is 1. The van der Waals surface area contributed by atoms with Crippen LogP contribution in [-0.2, 0) is 6.54 Å². The standard InChI is InChI=1S/C30H30N4O4/c1-38-24-10-7-21(8-11-24)28(35)18-27-30(37)33-26-17-22(9-12-25(26)32-27)29(36)31-23-13-15-34(16-14-23)19-20-5-3-2-4-6-20/h2-12,17-18,23,35H,13-16,19H2,1H3,(H,31,36)(H,33,37). The summed E-state index contributed by atoms with van der Waals surface area (Å²) in [4.78, 5) is 35.2. The number of hydrogen-bond acceptors (Lipinski definition) is 6. The third-order valence-electron chi connectivity index (χ3n) is 6.81. The number of carbonyl (C=O) groups is 1. The van der Waals surface area contributed by atoms with Gasteiger partial charge in [-0.15, -0.1) is 0 Å². The van der Waals surface area contributed by atoms with E-state index in [0.717, 1.165) is 32.5 Å². The lowest BCUT2D eigenvalue weighted by Gasteiger charge is -2.32. The number of rotatable bonds is 7. The average molecular weight is 511 g/mol. The number of amides is 1. The summed E-state index contributed by atoms with van der Waals surface area (Å²) in [6.45, 7) is 2.77. The molecule has 0 radical (unpaired) electrons. The van der Waals surface area contributed by atoms with E-state index in [1.165, 1.54) is 11.6 Å². The molecule has 0 saturated carbocycles. The smallest absolute Gasteiger partial charge is 0.274 e. The van der Waals surface area contributed by atoms with Gasteiger partial charge in [0.05, 0.1) is 18.1 Å². The molecule has 1 aliphatic heterocycles. The number of nitrogens with one attached hydrogen (secondary N) is 2. The minimum atomic E-state index is -0.457. The molecule has 1 amide bonds. The summed E-state index contributed by atoms with van der Waals surface area (Å²) >= 11 is 0. The maximum atomic E-state index is 12.9. The number of carbonyl (C=O) groups excluding carboxylic acids is 1. The monoisotopic (exact) mass is 510 g/mol. The van der Waals surface area contributed by atoms with Gasteiger partial charge in [0.1, 0.15) is 17.2 Å². The van der Waals surface area contributed by atoms with Crippen LogP contribution in [0.25, 0.3) is 22.9 Å². The van der Waals surface area contributed by atoms with Crippen molar-refractivity contribution in [2.75, 3.05) is 20.2 Å². The molecule has 1 saturated heterocycles. The first kappa shape index (κ1) is 25.2. The van der Waals surface area contributed by atoms with Gasteiger partial charge in [-0.25, -0.2) is 4.98 Å². The molecule has 0 spiro atoms. The lowest BCUT2D eigenvalue weighted by Crippen LogP contribution is -2.44. The molecule has 1 aliphatic rings. The first-order chi connectivity index (χ1) is 18.5. The van der Waals surface area contributed by atoms with E-state index < -0.39 is 5.56 Å². The van der Waals surface area contributed by atoms with Crippen LogP contribution in [0.5, 0.6) is 5.75 Å². The highest BCUT2D eigenvalue weighted by molar-refractivity contribution is 5.97. The van der Waals surface area contributed by atoms with Gasteiger partial charge >= 0.3 is 0 Å². The largest absolute Gasteiger partial charge is 0.507 e. The molecule has 3 aromatic carbocycles. The van der Waals surface area contributed by atoms with E-state index in [1.807, 2.05) is 6.07 Å². The van der Waals surface area contributed by atoms with Crippen LogP contribution in [0.4, 0.5) is 0 Å². The molecule has 0 atom stereocenters. The number of nitrogens with zero attached hydrogens (tertiary/aromatic N) is 2. The molecule has 1 fully saturated rings. The van der Waals surface area contributed by atoms with Crippen molar-refractivity contribution in [1.29, 1.82) is 0 Å². The Hall–Kier alpha value is -4.43. The number of hydrogen-bond donors (Lipinski definition) is 3. The Balaban J connectivity index is 1.23. The number of ether oxygens (including phenoxy) is 1. The molecule has 1 aromatic heterocycles. The number of aliphatic hydroxyl groups excluding tert-OH is 1. The van der Waals surface area contributed by atoms with Crippen molar-refractivity contribution in [3.63, 3.8) is 0 Å². The molecular weight excluding hydrogens is 480 g/mol. The molecule has 5 rings (SSSR count). The molecule has 38 heavy (non-hydrogen) atoms. The van der Waals surface area contributed by atoms with Crippen molar-refractivity contribution in [3.05, 3.63) is 106 Å². The van der Waals surface area contributed by atoms with E-state index in [4.69, 9.17) is 4.74 Å². The Morgan fingerprint density at radius 2 is 1.79 bits per heavy atom. The van der Waals surface area contributed by atoms with Crippen molar-refractivity contribution < 1.29 is 14.6 Å². The van der Waals surface area contributed by atoms with Crippen LogP contribution in [0, 0.1) is 0 Å². The minimum Gasteiger partial charge on any atom is -0.507 e. The maximum Gasteiger partial charge on any atom is 0.274 e. The van der Waals surface area contributed by atoms with Gasteiger partial charge in [0, 0.05) is 42.9 Å². The Labute approximate surface area is 220 Å². The summed E-state index contributed by atoms with van der Waals surface area (Å²) in [7, 11) is 1.56. The van der Waals surface area contributed by atoms with E-state index in [0.29, 0.717) is 27.9 Å². The molecule has 8 nitrogen and oxygen atoms in total. The molecule has 3 N–H and O–H groups in total. The van der Waals surface area contributed by atoms with Gasteiger partial charge < -0.3 is 20.1 Å². The fourth-order valence-corrected chi connectivity index (χ4v) is 4.66. The predicted molar refractivity (Wildman–Crippen MR) is 148 cm³/mol. The van der Waals surface area contributed by atoms with Crippen molar-refractivity contribution in [3.8, 4) is 5.75 Å². The molecule has 4 aromatic rings. The summed E-state index contributed by atoms with van der Waals surface area (Å²) in [5.74, 6) is 0.405. The molecule has 0 bridgehead atoms. The third-order valence-corrected chi connectivity index (χ3v) is 6.81. The predicted octanol–water partition coefficient (Wildman–Crippen LogP) is 4.38. The van der Waals surface area contributed by atoms with E-state index in [1.54, 1.807) is 49.6 Å². The number of benzene rings is 3. The molecule has 2 heterocycles. The van der Waals surface area contributed by atoms with Crippen LogP contribution in [0.15, 0.2) is 77.6 Å². The second-order valence-electron chi connectivity index (χ2n) is 9.45. The molecular formula is C30H30N4O4. The fraction of sp³-hybridized carbons (Fsp3) is 0.233. The summed E-state index contributed by atoms with van der Waals surface area (Å²) in [5, 5.41) is 13.6. The van der Waals surface area contributed by atoms with Gasteiger partial charge in [0.25, 0.3) is 11.5 Å². The number of aromatic nitrogens is 2. The topological polar surface area (TPSA) is 108 Å². The Bertz CT molecular complexity index is 1510. The lowest BCUT2D eigenvalue weighted by molar-refractivity contribution is 0.0909. The average Bonchev–Trinajstić information content (AvgIpc) is 2.95. The Morgan fingerprint density at radius 3 is 2.50 bits per heavy atom. The highest BCUT2D eigenvalue weighted by atomic mass is 16.5. The molecule has 0 aliphatic carbocycles. The molecule has 8 heteroatoms. The van der Waals surface area contributed by atoms with Crippen LogP contribution in [0.2, 0.25) is 0 Å². The van der Waals surface area contributed by atoms with E-state index >= 15 is 0 Å². The molecule has 0 unspecified atom stereocenters. The van der Waals surface area contributed by atoms with Gasteiger partial charge in [-0.2, -0.15) is 0 Å². The van der Waals surface area contributed by atoms with Crippen molar-refractivity contribution in [2.24, 2.45) is 0 Å². The number of aliphatic hydroxyl groups is 1. The summed E-state index contributed by atoms with van der Waals surface area (Å²) in [6.07, 6.45) is 3.10. The third kappa shape index (κ3) is 5.92. The van der Waals surface area contributed by atoms with E-state index in [9.17, 15) is 14.7 Å². The number of aromatic amines is 1. The van der Waals surface area contributed by atoms with Crippen molar-refractivity contribution in [1.82, 2.24) is 20.2 Å². The van der Waals surface area contributed by atoms with Crippen LogP contribution in [0.1, 0.15) is 40.0 Å². The zero-order chi connectivity index (χ0) is 26.5. The van der Waals surface area contributed by atoms with Crippen LogP contribution in [-0.4, -0.2) is 52.1 Å². The summed E-state index contributed by atoms with van der Waals surface area (Å²) in [5.41, 5.74) is 2.89. The number of H-pyrrole nitrogens is 1. The quantitative estimate of drug-likeness (QED) is 0.319. The first-order valence-corrected chi connectivity index (χ1v) is 12.6. The van der Waals surface area contributed by atoms with Gasteiger partial charge in [-0.1, -0.05) is 30.3 Å². The Morgan fingerprint density at radius 1 is 1.08 bits per heavy atom. The van der Waals surface area contributed by atoms with E-state index in [-0.39, 0.29) is 23.4 Å². The number of likely N-dealkylation sites (tertiary alicyclic amines) is 1. The maximum absolute atomic E-state index is 12.9. The van der Waals surface area contributed by atoms with E-state index in [2.05, 4.69) is 44.5 Å². The zero-order valence-corrected chi connectivity index (χ0v) is 21.2. The van der Waals surface area contributed by atoms with Crippen LogP contribution < -0.4 is 15.6 Å². The summed E-state index contributed by atoms with van der Waals surface area (Å²) < 4.78 is 5.13. The van der Waals surface area contributed by atoms with Crippen molar-refractivity contribution in [2.45, 2.75) is 25.4 Å². The SMILES string of the molecule is COc1ccc(C(O)=Cc2nc3ccc(C(=O)NC4CCN(Cc5ccccc5)CC4)cc3[nH]c2=O)cc1. The minimum absolute atomic E-state index is 0.0743. The van der Waals surface area contributed by atoms with Gasteiger partial charge in [0.15, 0.2) is 0 Å². The van der Waals surface area contributed by atoms with Crippen LogP contribution in [0.3, 0.4) is 0 Å². The first-order valence-electron chi connectivity index (χ1n) is 12.6. The lowest BCUT2D eigenvalue weighted by atomic mass is 10.0. The van der Waals surface area contributed by atoms with Crippen LogP contribution >= 0.6 is 0 Å². The second kappa shape index (κ2) is 11.3. The molecule has 194 valence electrons. The van der Waals surface area contributed by atoms with Gasteiger partial charge in [-0.05, 0) is 60.9 Å². The van der Waals surface area contributed by atoms with Crippen molar-refractivity contribution >= 4 is 28.8 Å². The highest BCUT2D eigenvalue weighted by Crippen LogP contribution is 2.19. The fourth-order valence-electron chi connectivity index (χ4n) is 4.66. The number of piperidine rings is 1. The Kier molecular flexibility index (Phi) is 7.51. The number of fused-ring (bicyclic) bond motifs is 1.